The maximum atomic E-state index is 11.3. The molecule has 0 aromatic heterocycles. The average molecular weight is 1130 g/mol. The Morgan fingerprint density at radius 3 is 1.19 bits per heavy atom. The molecule has 0 saturated heterocycles. The molecule has 0 radical (unpaired) electrons. The van der Waals surface area contributed by atoms with Gasteiger partial charge in [-0.15, -0.1) is 0 Å². The molecule has 8 unspecified atom stereocenters. The van der Waals surface area contributed by atoms with Crippen LogP contribution in [0.1, 0.15) is 210 Å². The summed E-state index contributed by atoms with van der Waals surface area (Å²) in [5.74, 6) is 6.20. The number of fused-ring (bicyclic) bond motifs is 10. The SMILES string of the molecule is CC(CCCC(C)(C)OS(=O)(=O)O)C1CCC2C3CC=C4CC(OS(=O)(=O)O)CCC4(C)C3CCC12C.C[C@@H](CCCC(C)(C)OS(=O)(=O)O)[C@H]1CC[C@H]2[C@@H]3CC=C4C[C@@H](OS(=O)(=O)O)CC[C@]4(C)[C@H]3CC[C@]12C. The van der Waals surface area contributed by atoms with Crippen molar-refractivity contribution in [2.45, 2.75) is 234 Å². The quantitative estimate of drug-likeness (QED) is 0.0735. The highest BCUT2D eigenvalue weighted by atomic mass is 32.3. The summed E-state index contributed by atoms with van der Waals surface area (Å²) in [6.07, 6.45) is 24.7. The van der Waals surface area contributed by atoms with Gasteiger partial charge < -0.3 is 0 Å². The molecule has 0 heterocycles. The van der Waals surface area contributed by atoms with Gasteiger partial charge in [0.15, 0.2) is 0 Å². The minimum Gasteiger partial charge on any atom is -0.264 e. The molecule has 0 bridgehead atoms. The van der Waals surface area contributed by atoms with Crippen molar-refractivity contribution >= 4 is 41.6 Å². The third-order valence-corrected chi connectivity index (χ3v) is 24.0. The van der Waals surface area contributed by atoms with Crippen LogP contribution in [0.3, 0.4) is 0 Å². The van der Waals surface area contributed by atoms with E-state index < -0.39 is 65.0 Å². The molecule has 16 atom stereocenters. The van der Waals surface area contributed by atoms with Crippen molar-refractivity contribution in [1.82, 2.24) is 0 Å². The van der Waals surface area contributed by atoms with Crippen molar-refractivity contribution in [3.63, 3.8) is 0 Å². The monoisotopic (exact) mass is 1120 g/mol. The molecule has 8 aliphatic carbocycles. The summed E-state index contributed by atoms with van der Waals surface area (Å²) < 4.78 is 146. The standard InChI is InChI=1S/2C27H46O8S2/c2*1-18(7-6-14-25(2,3)35-37(31,32)33)22-10-11-23-21-9-8-19-17-20(34-36(28,29)30)12-15-26(19,4)24(21)13-16-27(22,23)5/h2*8,18,20-24H,6-7,9-17H2,1-5H3,(H,28,29,30)(H,31,32,33)/t18-,20-,21-,22+,23-,24-,26-,27+;/m0./s1. The molecule has 428 valence electrons. The first kappa shape index (κ1) is 60.6. The maximum absolute atomic E-state index is 11.3. The van der Waals surface area contributed by atoms with Crippen molar-refractivity contribution in [2.75, 3.05) is 0 Å². The minimum absolute atomic E-state index is 0.0751. The van der Waals surface area contributed by atoms with Crippen LogP contribution >= 0.6 is 0 Å². The van der Waals surface area contributed by atoms with Crippen LogP contribution in [0.5, 0.6) is 0 Å². The Kier molecular flexibility index (Phi) is 17.8. The van der Waals surface area contributed by atoms with Crippen LogP contribution in [-0.4, -0.2) is 75.3 Å². The third kappa shape index (κ3) is 13.7. The molecule has 4 N–H and O–H groups in total. The lowest BCUT2D eigenvalue weighted by molar-refractivity contribution is -0.0562. The van der Waals surface area contributed by atoms with E-state index in [0.717, 1.165) is 51.4 Å². The Balaban J connectivity index is 0.000000216. The van der Waals surface area contributed by atoms with E-state index in [0.29, 0.717) is 109 Å². The van der Waals surface area contributed by atoms with E-state index in [1.807, 2.05) is 0 Å². The van der Waals surface area contributed by atoms with Crippen molar-refractivity contribution in [1.29, 1.82) is 0 Å². The van der Waals surface area contributed by atoms with E-state index in [-0.39, 0.29) is 10.8 Å². The van der Waals surface area contributed by atoms with Gasteiger partial charge in [-0.05, 0) is 224 Å². The molecule has 0 amide bonds. The summed E-state index contributed by atoms with van der Waals surface area (Å²) >= 11 is 0. The van der Waals surface area contributed by atoms with E-state index in [2.05, 4.69) is 53.7 Å². The second kappa shape index (κ2) is 21.8. The van der Waals surface area contributed by atoms with E-state index in [9.17, 15) is 33.7 Å². The Bertz CT molecular complexity index is 2370. The third-order valence-electron chi connectivity index (χ3n) is 21.7. The van der Waals surface area contributed by atoms with Gasteiger partial charge in [-0.2, -0.15) is 33.7 Å². The first-order valence-corrected chi connectivity index (χ1v) is 33.4. The van der Waals surface area contributed by atoms with Crippen LogP contribution < -0.4 is 0 Å². The Morgan fingerprint density at radius 1 is 0.514 bits per heavy atom. The van der Waals surface area contributed by atoms with Crippen molar-refractivity contribution in [2.24, 2.45) is 80.8 Å². The van der Waals surface area contributed by atoms with Crippen LogP contribution in [0.2, 0.25) is 0 Å². The molecule has 8 rings (SSSR count). The average Bonchev–Trinajstić information content (AvgIpc) is 3.78. The van der Waals surface area contributed by atoms with Gasteiger partial charge in [0, 0.05) is 0 Å². The van der Waals surface area contributed by atoms with Crippen molar-refractivity contribution in [3.8, 4) is 0 Å². The van der Waals surface area contributed by atoms with Crippen molar-refractivity contribution < 1.29 is 68.6 Å². The fourth-order valence-electron chi connectivity index (χ4n) is 18.5. The van der Waals surface area contributed by atoms with E-state index in [1.54, 1.807) is 27.7 Å². The second-order valence-corrected chi connectivity index (χ2v) is 31.2. The zero-order valence-electron chi connectivity index (χ0n) is 46.0. The number of allylic oxidation sites excluding steroid dienone is 2. The molecule has 8 aliphatic rings. The zero-order chi connectivity index (χ0) is 54.9. The van der Waals surface area contributed by atoms with E-state index >= 15 is 0 Å². The van der Waals surface area contributed by atoms with Gasteiger partial charge in [0.2, 0.25) is 0 Å². The predicted octanol–water partition coefficient (Wildman–Crippen LogP) is 12.3. The van der Waals surface area contributed by atoms with E-state index in [4.69, 9.17) is 34.9 Å². The van der Waals surface area contributed by atoms with Gasteiger partial charge in [-0.1, -0.05) is 90.5 Å². The fourth-order valence-corrected chi connectivity index (χ4v) is 20.8. The number of hydrogen-bond donors (Lipinski definition) is 4. The van der Waals surface area contributed by atoms with Crippen molar-refractivity contribution in [3.05, 3.63) is 23.3 Å². The Labute approximate surface area is 445 Å². The molecule has 16 nitrogen and oxygen atoms in total. The van der Waals surface area contributed by atoms with Gasteiger partial charge >= 0.3 is 41.6 Å². The minimum atomic E-state index is -4.46. The van der Waals surface area contributed by atoms with Gasteiger partial charge in [-0.25, -0.2) is 16.7 Å². The highest BCUT2D eigenvalue weighted by molar-refractivity contribution is 7.81. The van der Waals surface area contributed by atoms with Gasteiger partial charge in [0.25, 0.3) is 0 Å². The molecule has 20 heteroatoms. The first-order valence-electron chi connectivity index (χ1n) is 27.9. The van der Waals surface area contributed by atoms with Gasteiger partial charge in [-0.3, -0.25) is 18.2 Å². The molecule has 74 heavy (non-hydrogen) atoms. The summed E-state index contributed by atoms with van der Waals surface area (Å²) in [5.41, 5.74) is 1.55. The second-order valence-electron chi connectivity index (χ2n) is 27.0. The van der Waals surface area contributed by atoms with Crippen LogP contribution in [0.15, 0.2) is 23.3 Å². The highest BCUT2D eigenvalue weighted by Crippen LogP contribution is 2.69. The lowest BCUT2D eigenvalue weighted by Crippen LogP contribution is -2.51. The van der Waals surface area contributed by atoms with Crippen LogP contribution in [-0.2, 0) is 58.3 Å². The van der Waals surface area contributed by atoms with Gasteiger partial charge in [0.1, 0.15) is 0 Å². The first-order chi connectivity index (χ1) is 33.9. The Hall–Kier alpha value is -1.04. The molecule has 0 spiro atoms. The van der Waals surface area contributed by atoms with Crippen LogP contribution in [0.4, 0.5) is 0 Å². The van der Waals surface area contributed by atoms with Crippen LogP contribution in [0.25, 0.3) is 0 Å². The lowest BCUT2D eigenvalue weighted by atomic mass is 9.47. The summed E-state index contributed by atoms with van der Waals surface area (Å²) in [7, 11) is -17.8. The predicted molar refractivity (Wildman–Crippen MR) is 283 cm³/mol. The summed E-state index contributed by atoms with van der Waals surface area (Å²) in [5, 5.41) is 0. The normalized spacial score (nSPS) is 39.3. The van der Waals surface area contributed by atoms with Gasteiger partial charge in [0.05, 0.1) is 23.4 Å². The highest BCUT2D eigenvalue weighted by Gasteiger charge is 2.61. The summed E-state index contributed by atoms with van der Waals surface area (Å²) in [4.78, 5) is 0. The maximum Gasteiger partial charge on any atom is 0.397 e. The zero-order valence-corrected chi connectivity index (χ0v) is 49.2. The fraction of sp³-hybridized carbons (Fsp3) is 0.926. The molecule has 6 fully saturated rings. The molecule has 0 aromatic carbocycles. The largest absolute Gasteiger partial charge is 0.397 e. The smallest absolute Gasteiger partial charge is 0.264 e. The molecular formula is C54H92O16S4. The summed E-state index contributed by atoms with van der Waals surface area (Å²) in [6.45, 7) is 21.2. The number of rotatable bonds is 18. The topological polar surface area (TPSA) is 254 Å². The van der Waals surface area contributed by atoms with E-state index in [1.165, 1.54) is 62.5 Å². The Morgan fingerprint density at radius 2 is 0.865 bits per heavy atom. The van der Waals surface area contributed by atoms with Crippen LogP contribution in [0, 0.1) is 80.8 Å². The molecular weight excluding hydrogens is 1030 g/mol. The number of hydrogen-bond acceptors (Lipinski definition) is 12. The summed E-state index contributed by atoms with van der Waals surface area (Å²) in [6, 6.07) is 0. The molecule has 0 aromatic rings. The molecule has 0 aliphatic heterocycles. The lowest BCUT2D eigenvalue weighted by Gasteiger charge is -2.58. The molecule has 6 saturated carbocycles.